The van der Waals surface area contributed by atoms with Crippen molar-refractivity contribution in [3.05, 3.63) is 109 Å². The molecule has 216 valence electrons. The molecule has 0 radical (unpaired) electrons. The molecule has 1 atom stereocenters. The lowest BCUT2D eigenvalue weighted by Crippen LogP contribution is -2.33. The molecule has 5 nitrogen and oxygen atoms in total. The van der Waals surface area contributed by atoms with Gasteiger partial charge in [0.1, 0.15) is 12.4 Å². The highest BCUT2D eigenvalue weighted by Crippen LogP contribution is 2.32. The third kappa shape index (κ3) is 5.46. The lowest BCUT2D eigenvalue weighted by atomic mass is 9.97. The van der Waals surface area contributed by atoms with Gasteiger partial charge in [0.05, 0.1) is 17.2 Å². The van der Waals surface area contributed by atoms with Crippen LogP contribution >= 0.6 is 0 Å². The molecule has 0 unspecified atom stereocenters. The highest BCUT2D eigenvalue weighted by Gasteiger charge is 2.27. The molecule has 0 spiro atoms. The summed E-state index contributed by atoms with van der Waals surface area (Å²) in [5, 5.41) is 14.9. The summed E-state index contributed by atoms with van der Waals surface area (Å²) in [6, 6.07) is 10.3. The van der Waals surface area contributed by atoms with Gasteiger partial charge in [-0.2, -0.15) is 0 Å². The lowest BCUT2D eigenvalue weighted by molar-refractivity contribution is 0.171. The number of rotatable bonds is 9. The van der Waals surface area contributed by atoms with Crippen molar-refractivity contribution in [2.45, 2.75) is 58.3 Å². The van der Waals surface area contributed by atoms with E-state index in [1.807, 2.05) is 0 Å². The van der Waals surface area contributed by atoms with Crippen molar-refractivity contribution in [2.75, 3.05) is 6.54 Å². The number of nitrogens with one attached hydrogen (secondary N) is 2. The van der Waals surface area contributed by atoms with Crippen LogP contribution in [-0.4, -0.2) is 22.7 Å². The molecule has 1 aliphatic rings. The number of H-pyrrole nitrogens is 1. The van der Waals surface area contributed by atoms with E-state index in [0.29, 0.717) is 10.9 Å². The van der Waals surface area contributed by atoms with Crippen LogP contribution in [0.2, 0.25) is 0 Å². The molecule has 3 aromatic carbocycles. The van der Waals surface area contributed by atoms with Gasteiger partial charge in [-0.05, 0) is 65.6 Å². The first-order valence-corrected chi connectivity index (χ1v) is 13.5. The minimum absolute atomic E-state index is 0.0600. The average molecular weight is 573 g/mol. The number of aromatic amines is 1. The van der Waals surface area contributed by atoms with Gasteiger partial charge in [-0.25, -0.2) is 22.0 Å². The normalized spacial score (nSPS) is 14.0. The molecule has 0 fully saturated rings. The summed E-state index contributed by atoms with van der Waals surface area (Å²) < 4.78 is 74.3. The molecular weight excluding hydrogens is 543 g/mol. The number of hydrogen-bond acceptors (Lipinski definition) is 4. The van der Waals surface area contributed by atoms with Crippen molar-refractivity contribution < 1.29 is 31.8 Å². The number of fused-ring (bicyclic) bond motifs is 2. The summed E-state index contributed by atoms with van der Waals surface area (Å²) in [6.45, 7) is 3.53. The van der Waals surface area contributed by atoms with E-state index in [9.17, 15) is 31.9 Å². The van der Waals surface area contributed by atoms with Crippen LogP contribution in [0.1, 0.15) is 53.3 Å². The van der Waals surface area contributed by atoms with Crippen LogP contribution in [0.5, 0.6) is 5.75 Å². The lowest BCUT2D eigenvalue weighted by Gasteiger charge is -2.19. The molecule has 0 bridgehead atoms. The molecule has 0 saturated carbocycles. The first kappa shape index (κ1) is 28.8. The van der Waals surface area contributed by atoms with Gasteiger partial charge in [-0.15, -0.1) is 0 Å². The van der Waals surface area contributed by atoms with Gasteiger partial charge in [0.15, 0.2) is 23.3 Å². The van der Waals surface area contributed by atoms with Crippen molar-refractivity contribution in [2.24, 2.45) is 0 Å². The molecule has 1 heterocycles. The largest absolute Gasteiger partial charge is 0.486 e. The van der Waals surface area contributed by atoms with Gasteiger partial charge >= 0.3 is 0 Å². The van der Waals surface area contributed by atoms with Crippen LogP contribution in [0, 0.1) is 29.1 Å². The molecule has 41 heavy (non-hydrogen) atoms. The molecule has 3 N–H and O–H groups in total. The van der Waals surface area contributed by atoms with Crippen LogP contribution < -0.4 is 15.6 Å². The van der Waals surface area contributed by atoms with E-state index >= 15 is 0 Å². The first-order chi connectivity index (χ1) is 19.6. The Bertz CT molecular complexity index is 1630. The number of benzene rings is 3. The molecule has 0 saturated heterocycles. The molecule has 1 aliphatic carbocycles. The Morgan fingerprint density at radius 3 is 2.07 bits per heavy atom. The maximum Gasteiger partial charge on any atom is 0.248 e. The van der Waals surface area contributed by atoms with E-state index in [2.05, 4.69) is 36.3 Å². The molecule has 5 rings (SSSR count). The smallest absolute Gasteiger partial charge is 0.248 e. The number of aryl methyl sites for hydroxylation is 2. The van der Waals surface area contributed by atoms with Crippen LogP contribution in [0.25, 0.3) is 10.9 Å². The predicted molar refractivity (Wildman–Crippen MR) is 144 cm³/mol. The Labute approximate surface area is 233 Å². The second-order valence-corrected chi connectivity index (χ2v) is 10.2. The average Bonchev–Trinajstić information content (AvgIpc) is 3.38. The Morgan fingerprint density at radius 1 is 0.902 bits per heavy atom. The van der Waals surface area contributed by atoms with E-state index in [4.69, 9.17) is 4.74 Å². The van der Waals surface area contributed by atoms with E-state index in [0.717, 1.165) is 25.7 Å². The molecular formula is C31H29F5N2O3. The van der Waals surface area contributed by atoms with E-state index in [1.165, 1.54) is 46.5 Å². The minimum atomic E-state index is -2.26. The summed E-state index contributed by atoms with van der Waals surface area (Å²) in [6.07, 6.45) is 2.66. The van der Waals surface area contributed by atoms with Crippen molar-refractivity contribution in [1.82, 2.24) is 10.3 Å². The maximum atomic E-state index is 14.1. The fourth-order valence-electron chi connectivity index (χ4n) is 5.55. The number of hydrogen-bond donors (Lipinski definition) is 3. The summed E-state index contributed by atoms with van der Waals surface area (Å²) >= 11 is 0. The Hall–Kier alpha value is -3.76. The number of aliphatic hydroxyl groups is 1. The zero-order valence-electron chi connectivity index (χ0n) is 22.5. The summed E-state index contributed by atoms with van der Waals surface area (Å²) in [4.78, 5) is 14.7. The van der Waals surface area contributed by atoms with E-state index in [1.54, 1.807) is 0 Å². The molecule has 1 aromatic heterocycles. The quantitative estimate of drug-likeness (QED) is 0.136. The fraction of sp³-hybridized carbons (Fsp3) is 0.323. The number of aromatic nitrogens is 1. The van der Waals surface area contributed by atoms with Crippen LogP contribution in [0.3, 0.4) is 0 Å². The summed E-state index contributed by atoms with van der Waals surface area (Å²) in [5.41, 5.74) is 4.26. The SMILES string of the molecule is CCc1cc2c(cc1CC)CC(NC[C@@H](O)c1ccc(OCc3c(F)c(F)c(F)c(F)c3F)c3[nH]c(=O)ccc13)C2. The van der Waals surface area contributed by atoms with Crippen molar-refractivity contribution in [3.8, 4) is 5.75 Å². The molecule has 0 aliphatic heterocycles. The topological polar surface area (TPSA) is 74.3 Å². The number of pyridine rings is 1. The number of ether oxygens (including phenoxy) is 1. The van der Waals surface area contributed by atoms with Crippen LogP contribution in [0.15, 0.2) is 41.2 Å². The third-order valence-corrected chi connectivity index (χ3v) is 7.74. The Balaban J connectivity index is 1.34. The van der Waals surface area contributed by atoms with Gasteiger partial charge in [0, 0.05) is 24.0 Å². The number of aliphatic hydroxyl groups excluding tert-OH is 1. The maximum absolute atomic E-state index is 14.1. The van der Waals surface area contributed by atoms with E-state index in [-0.39, 0.29) is 23.9 Å². The highest BCUT2D eigenvalue weighted by atomic mass is 19.2. The van der Waals surface area contributed by atoms with Crippen molar-refractivity contribution in [1.29, 1.82) is 0 Å². The minimum Gasteiger partial charge on any atom is -0.486 e. The fourth-order valence-corrected chi connectivity index (χ4v) is 5.55. The highest BCUT2D eigenvalue weighted by molar-refractivity contribution is 5.87. The van der Waals surface area contributed by atoms with Crippen molar-refractivity contribution in [3.63, 3.8) is 0 Å². The predicted octanol–water partition coefficient (Wildman–Crippen LogP) is 5.72. The summed E-state index contributed by atoms with van der Waals surface area (Å²) in [7, 11) is 0. The van der Waals surface area contributed by atoms with Gasteiger partial charge in [0.25, 0.3) is 0 Å². The Kier molecular flexibility index (Phi) is 8.15. The van der Waals surface area contributed by atoms with Crippen LogP contribution in [-0.2, 0) is 32.3 Å². The van der Waals surface area contributed by atoms with Gasteiger partial charge in [-0.3, -0.25) is 4.79 Å². The zero-order chi connectivity index (χ0) is 29.4. The first-order valence-electron chi connectivity index (χ1n) is 13.5. The standard InChI is InChI=1S/C31H29F5N2O3/c1-3-15-9-17-11-19(12-18(17)10-16(15)4-2)37-13-23(39)20-5-7-24(31-21(20)6-8-25(40)38-31)41-14-22-26(32)28(34)30(36)29(35)27(22)33/h5-10,19,23,37,39H,3-4,11-14H2,1-2H3,(H,38,40)/t23-/m1/s1. The number of halogens is 5. The van der Waals surface area contributed by atoms with Gasteiger partial charge < -0.3 is 20.1 Å². The zero-order valence-corrected chi connectivity index (χ0v) is 22.5. The monoisotopic (exact) mass is 572 g/mol. The third-order valence-electron chi connectivity index (χ3n) is 7.74. The van der Waals surface area contributed by atoms with Crippen LogP contribution in [0.4, 0.5) is 22.0 Å². The van der Waals surface area contributed by atoms with Gasteiger partial charge in [0.2, 0.25) is 11.4 Å². The van der Waals surface area contributed by atoms with E-state index < -0.39 is 52.9 Å². The molecule has 4 aromatic rings. The summed E-state index contributed by atoms with van der Waals surface area (Å²) in [5.74, 6) is -10.5. The molecule has 10 heteroatoms. The van der Waals surface area contributed by atoms with Crippen molar-refractivity contribution >= 4 is 10.9 Å². The molecule has 0 amide bonds. The Morgan fingerprint density at radius 2 is 1.49 bits per heavy atom. The second-order valence-electron chi connectivity index (χ2n) is 10.2. The second kappa shape index (κ2) is 11.6. The van der Waals surface area contributed by atoms with Gasteiger partial charge in [-0.1, -0.05) is 32.0 Å².